The van der Waals surface area contributed by atoms with Gasteiger partial charge in [0, 0.05) is 6.07 Å². The first kappa shape index (κ1) is 10.3. The summed E-state index contributed by atoms with van der Waals surface area (Å²) in [7, 11) is 0. The summed E-state index contributed by atoms with van der Waals surface area (Å²) in [6.07, 6.45) is 1.05. The fraction of sp³-hybridized carbons (Fsp3) is 0.125. The van der Waals surface area contributed by atoms with Gasteiger partial charge in [-0.1, -0.05) is 0 Å². The Bertz CT molecular complexity index is 387. The Morgan fingerprint density at radius 1 is 1.36 bits per heavy atom. The molecule has 0 aliphatic carbocycles. The number of isocyanates is 1. The van der Waals surface area contributed by atoms with E-state index in [4.69, 9.17) is 5.11 Å². The standard InChI is InChI=1S/C8H4F3NO2/c9-5-1-6(14)8(11)4(7(5)10)2-12-3-13/h1,14H,2H2. The Morgan fingerprint density at radius 2 is 2.00 bits per heavy atom. The molecule has 0 spiro atoms. The largest absolute Gasteiger partial charge is 0.505 e. The second-order valence-corrected chi connectivity index (χ2v) is 2.39. The fourth-order valence-corrected chi connectivity index (χ4v) is 0.892. The Hall–Kier alpha value is -1.81. The number of rotatable bonds is 2. The van der Waals surface area contributed by atoms with E-state index >= 15 is 0 Å². The van der Waals surface area contributed by atoms with Gasteiger partial charge in [-0.2, -0.15) is 0 Å². The molecule has 6 heteroatoms. The van der Waals surface area contributed by atoms with E-state index in [1.165, 1.54) is 0 Å². The van der Waals surface area contributed by atoms with Crippen molar-refractivity contribution in [1.29, 1.82) is 0 Å². The van der Waals surface area contributed by atoms with Crippen LogP contribution in [0, 0.1) is 17.5 Å². The normalized spacial score (nSPS) is 9.64. The minimum Gasteiger partial charge on any atom is -0.505 e. The van der Waals surface area contributed by atoms with Crippen LogP contribution in [0.3, 0.4) is 0 Å². The summed E-state index contributed by atoms with van der Waals surface area (Å²) in [6, 6.07) is 0.304. The Balaban J connectivity index is 3.31. The molecule has 1 N–H and O–H groups in total. The number of hydrogen-bond acceptors (Lipinski definition) is 3. The Labute approximate surface area is 76.5 Å². The van der Waals surface area contributed by atoms with Gasteiger partial charge in [0.25, 0.3) is 0 Å². The fourth-order valence-electron chi connectivity index (χ4n) is 0.892. The van der Waals surface area contributed by atoms with Crippen LogP contribution in [0.2, 0.25) is 0 Å². The predicted octanol–water partition coefficient (Wildman–Crippen LogP) is 1.65. The van der Waals surface area contributed by atoms with Crippen molar-refractivity contribution in [3.63, 3.8) is 0 Å². The molecule has 3 nitrogen and oxygen atoms in total. The molecule has 0 bridgehead atoms. The maximum Gasteiger partial charge on any atom is 0.235 e. The first-order chi connectivity index (χ1) is 6.57. The van der Waals surface area contributed by atoms with E-state index in [2.05, 4.69) is 4.99 Å². The van der Waals surface area contributed by atoms with Crippen LogP contribution in [0.4, 0.5) is 13.2 Å². The molecule has 0 radical (unpaired) electrons. The third kappa shape index (κ3) is 1.75. The van der Waals surface area contributed by atoms with E-state index in [1.54, 1.807) is 0 Å². The molecule has 0 saturated heterocycles. The van der Waals surface area contributed by atoms with Gasteiger partial charge in [0.2, 0.25) is 6.08 Å². The van der Waals surface area contributed by atoms with Crippen molar-refractivity contribution >= 4 is 6.08 Å². The molecule has 0 aliphatic rings. The number of aliphatic imine (C=N–C) groups is 1. The summed E-state index contributed by atoms with van der Waals surface area (Å²) < 4.78 is 38.4. The summed E-state index contributed by atoms with van der Waals surface area (Å²) in [6.45, 7) is -0.702. The highest BCUT2D eigenvalue weighted by molar-refractivity contribution is 5.36. The highest BCUT2D eigenvalue weighted by Gasteiger charge is 2.17. The van der Waals surface area contributed by atoms with E-state index in [0.717, 1.165) is 6.08 Å². The van der Waals surface area contributed by atoms with Crippen LogP contribution < -0.4 is 0 Å². The van der Waals surface area contributed by atoms with Gasteiger partial charge in [0.15, 0.2) is 23.2 Å². The lowest BCUT2D eigenvalue weighted by atomic mass is 10.2. The van der Waals surface area contributed by atoms with E-state index in [9.17, 15) is 18.0 Å². The van der Waals surface area contributed by atoms with Gasteiger partial charge >= 0.3 is 0 Å². The molecule has 74 valence electrons. The molecule has 1 aromatic carbocycles. The van der Waals surface area contributed by atoms with E-state index in [1.807, 2.05) is 0 Å². The number of nitrogens with zero attached hydrogens (tertiary/aromatic N) is 1. The first-order valence-electron chi connectivity index (χ1n) is 3.47. The van der Waals surface area contributed by atoms with Gasteiger partial charge in [0.1, 0.15) is 0 Å². The molecule has 0 heterocycles. The minimum atomic E-state index is -1.47. The molecule has 0 aliphatic heterocycles. The topological polar surface area (TPSA) is 49.7 Å². The van der Waals surface area contributed by atoms with Gasteiger partial charge < -0.3 is 5.11 Å². The van der Waals surface area contributed by atoms with Gasteiger partial charge in [-0.3, -0.25) is 0 Å². The highest BCUT2D eigenvalue weighted by atomic mass is 19.2. The maximum atomic E-state index is 12.9. The van der Waals surface area contributed by atoms with Crippen LogP contribution in [0.5, 0.6) is 5.75 Å². The summed E-state index contributed by atoms with van der Waals surface area (Å²) in [5.74, 6) is -5.23. The molecule has 0 atom stereocenters. The average molecular weight is 203 g/mol. The van der Waals surface area contributed by atoms with E-state index < -0.39 is 35.3 Å². The lowest BCUT2D eigenvalue weighted by Gasteiger charge is -2.03. The maximum absolute atomic E-state index is 12.9. The lowest BCUT2D eigenvalue weighted by Crippen LogP contribution is -1.98. The monoisotopic (exact) mass is 203 g/mol. The number of phenolic OH excluding ortho intramolecular Hbond substituents is 1. The highest BCUT2D eigenvalue weighted by Crippen LogP contribution is 2.25. The molecule has 14 heavy (non-hydrogen) atoms. The zero-order valence-corrected chi connectivity index (χ0v) is 6.72. The molecular formula is C8H4F3NO2. The summed E-state index contributed by atoms with van der Waals surface area (Å²) in [5.41, 5.74) is -0.800. The minimum absolute atomic E-state index is 0.304. The molecule has 0 saturated carbocycles. The molecule has 1 rings (SSSR count). The second-order valence-electron chi connectivity index (χ2n) is 2.39. The van der Waals surface area contributed by atoms with Crippen molar-refractivity contribution in [2.45, 2.75) is 6.54 Å². The molecular weight excluding hydrogens is 199 g/mol. The van der Waals surface area contributed by atoms with Crippen LogP contribution in [0.25, 0.3) is 0 Å². The van der Waals surface area contributed by atoms with E-state index in [-0.39, 0.29) is 0 Å². The first-order valence-corrected chi connectivity index (χ1v) is 3.47. The number of aromatic hydroxyl groups is 1. The number of phenols is 1. The van der Waals surface area contributed by atoms with Gasteiger partial charge in [-0.05, 0) is 0 Å². The van der Waals surface area contributed by atoms with E-state index in [0.29, 0.717) is 6.07 Å². The molecule has 0 unspecified atom stereocenters. The van der Waals surface area contributed by atoms with Crippen LogP contribution >= 0.6 is 0 Å². The zero-order valence-electron chi connectivity index (χ0n) is 6.72. The summed E-state index contributed by atoms with van der Waals surface area (Å²) >= 11 is 0. The number of hydrogen-bond donors (Lipinski definition) is 1. The molecule has 0 fully saturated rings. The third-order valence-electron chi connectivity index (χ3n) is 1.53. The van der Waals surface area contributed by atoms with Crippen molar-refractivity contribution < 1.29 is 23.1 Å². The van der Waals surface area contributed by atoms with Crippen molar-refractivity contribution in [2.75, 3.05) is 0 Å². The number of benzene rings is 1. The summed E-state index contributed by atoms with van der Waals surface area (Å²) in [5, 5.41) is 8.78. The van der Waals surface area contributed by atoms with Crippen LogP contribution in [0.15, 0.2) is 11.1 Å². The van der Waals surface area contributed by atoms with Gasteiger partial charge in [-0.25, -0.2) is 23.0 Å². The Kier molecular flexibility index (Phi) is 2.89. The lowest BCUT2D eigenvalue weighted by molar-refractivity contribution is 0.405. The van der Waals surface area contributed by atoms with Crippen molar-refractivity contribution in [2.24, 2.45) is 4.99 Å². The predicted molar refractivity (Wildman–Crippen MR) is 39.8 cm³/mol. The number of carbonyl (C=O) groups excluding carboxylic acids is 1. The van der Waals surface area contributed by atoms with Crippen molar-refractivity contribution in [1.82, 2.24) is 0 Å². The quantitative estimate of drug-likeness (QED) is 0.451. The third-order valence-corrected chi connectivity index (χ3v) is 1.53. The van der Waals surface area contributed by atoms with Crippen LogP contribution in [0.1, 0.15) is 5.56 Å². The Morgan fingerprint density at radius 3 is 2.57 bits per heavy atom. The van der Waals surface area contributed by atoms with Crippen molar-refractivity contribution in [3.8, 4) is 5.75 Å². The molecule has 0 aromatic heterocycles. The SMILES string of the molecule is O=C=NCc1c(F)c(O)cc(F)c1F. The van der Waals surface area contributed by atoms with Crippen molar-refractivity contribution in [3.05, 3.63) is 29.1 Å². The van der Waals surface area contributed by atoms with Gasteiger partial charge in [0.05, 0.1) is 12.1 Å². The second kappa shape index (κ2) is 3.93. The average Bonchev–Trinajstić information content (AvgIpc) is 2.15. The number of halogens is 3. The van der Waals surface area contributed by atoms with Crippen LogP contribution in [-0.2, 0) is 11.3 Å². The molecule has 0 amide bonds. The molecule has 1 aromatic rings. The zero-order chi connectivity index (χ0) is 10.7. The summed E-state index contributed by atoms with van der Waals surface area (Å²) in [4.78, 5) is 12.6. The smallest absolute Gasteiger partial charge is 0.235 e. The van der Waals surface area contributed by atoms with Gasteiger partial charge in [-0.15, -0.1) is 0 Å². The van der Waals surface area contributed by atoms with Crippen LogP contribution in [-0.4, -0.2) is 11.2 Å².